The molecule has 0 aliphatic heterocycles. The summed E-state index contributed by atoms with van der Waals surface area (Å²) in [6, 6.07) is 17.6. The molecule has 1 radical (unpaired) electrons. The Balaban J connectivity index is 0.00000128. The Morgan fingerprint density at radius 2 is 0.938 bits per heavy atom. The van der Waals surface area contributed by atoms with Crippen LogP contribution in [-0.4, -0.2) is 51.4 Å². The third-order valence-corrected chi connectivity index (χ3v) is 3.64. The van der Waals surface area contributed by atoms with E-state index in [4.69, 9.17) is 0 Å². The maximum atomic E-state index is 2.22. The number of benzene rings is 2. The summed E-state index contributed by atoms with van der Waals surface area (Å²) in [5, 5.41) is 2.81. The van der Waals surface area contributed by atoms with Crippen LogP contribution < -0.4 is 10.6 Å². The molecule has 2 heteroatoms. The smallest absolute Gasteiger partial charge is 0 e. The Bertz CT molecular complexity index is 388. The van der Waals surface area contributed by atoms with Crippen molar-refractivity contribution >= 4 is 70.6 Å². The average Bonchev–Trinajstić information content (AvgIpc) is 2.25. The second-order valence-electron chi connectivity index (χ2n) is 3.86. The molecule has 2 aromatic carbocycles. The Morgan fingerprint density at radius 1 is 0.625 bits per heavy atom. The van der Waals surface area contributed by atoms with Crippen LogP contribution >= 0.6 is 8.58 Å². The molecule has 0 aliphatic carbocycles. The summed E-state index contributed by atoms with van der Waals surface area (Å²) in [5.74, 6) is 0. The predicted octanol–water partition coefficient (Wildman–Crippen LogP) is 2.55. The van der Waals surface area contributed by atoms with Gasteiger partial charge in [-0.3, -0.25) is 0 Å². The molecule has 0 saturated carbocycles. The number of hydrogen-bond donors (Lipinski definition) is 0. The normalized spacial score (nSPS) is 9.62. The van der Waals surface area contributed by atoms with Crippen LogP contribution in [0.15, 0.2) is 48.5 Å². The van der Waals surface area contributed by atoms with Crippen molar-refractivity contribution in [3.8, 4) is 0 Å². The quantitative estimate of drug-likeness (QED) is 0.570. The second-order valence-corrected chi connectivity index (χ2v) is 5.26. The van der Waals surface area contributed by atoms with E-state index in [1.54, 1.807) is 0 Å². The van der Waals surface area contributed by atoms with Crippen molar-refractivity contribution in [2.45, 2.75) is 13.8 Å². The van der Waals surface area contributed by atoms with Gasteiger partial charge in [0.05, 0.1) is 0 Å². The number of hydrogen-bond acceptors (Lipinski definition) is 0. The first kappa shape index (κ1) is 14.6. The molecule has 77 valence electrons. The SMILES string of the molecule is Cc1ccc(Pc2ccc(C)cc2)cc1.[K]. The molecule has 0 saturated heterocycles. The second kappa shape index (κ2) is 7.05. The maximum absolute atomic E-state index is 2.22. The van der Waals surface area contributed by atoms with E-state index < -0.39 is 0 Å². The van der Waals surface area contributed by atoms with Gasteiger partial charge in [0.2, 0.25) is 0 Å². The average molecular weight is 253 g/mol. The van der Waals surface area contributed by atoms with Crippen molar-refractivity contribution in [1.29, 1.82) is 0 Å². The van der Waals surface area contributed by atoms with E-state index in [0.717, 1.165) is 8.58 Å². The van der Waals surface area contributed by atoms with Gasteiger partial charge in [0.1, 0.15) is 0 Å². The van der Waals surface area contributed by atoms with E-state index in [1.807, 2.05) is 0 Å². The van der Waals surface area contributed by atoms with E-state index in [-0.39, 0.29) is 51.4 Å². The molecule has 0 unspecified atom stereocenters. The Hall–Kier alpha value is 0.506. The van der Waals surface area contributed by atoms with Crippen LogP contribution in [0.2, 0.25) is 0 Å². The molecule has 2 aromatic rings. The van der Waals surface area contributed by atoms with Gasteiger partial charge >= 0.3 is 0 Å². The minimum absolute atomic E-state index is 0. The van der Waals surface area contributed by atoms with Crippen LogP contribution in [0.3, 0.4) is 0 Å². The number of aryl methyl sites for hydroxylation is 2. The fourth-order valence-corrected chi connectivity index (χ4v) is 2.44. The van der Waals surface area contributed by atoms with Gasteiger partial charge < -0.3 is 0 Å². The summed E-state index contributed by atoms with van der Waals surface area (Å²) in [4.78, 5) is 0. The first-order valence-corrected chi connectivity index (χ1v) is 6.14. The third kappa shape index (κ3) is 4.41. The molecule has 0 spiro atoms. The Kier molecular flexibility index (Phi) is 6.42. The minimum atomic E-state index is 0. The topological polar surface area (TPSA) is 0 Å². The minimum Gasteiger partial charge on any atom is -0.0591 e. The molecule has 0 nitrogen and oxygen atoms in total. The molecule has 2 rings (SSSR count). The van der Waals surface area contributed by atoms with Gasteiger partial charge in [-0.25, -0.2) is 0 Å². The molecule has 0 amide bonds. The summed E-state index contributed by atoms with van der Waals surface area (Å²) >= 11 is 0. The van der Waals surface area contributed by atoms with Crippen molar-refractivity contribution in [3.63, 3.8) is 0 Å². The van der Waals surface area contributed by atoms with Gasteiger partial charge in [-0.15, -0.1) is 0 Å². The van der Waals surface area contributed by atoms with Gasteiger partial charge in [-0.1, -0.05) is 68.2 Å². The zero-order valence-electron chi connectivity index (χ0n) is 10.1. The Labute approximate surface area is 142 Å². The number of rotatable bonds is 2. The van der Waals surface area contributed by atoms with E-state index in [9.17, 15) is 0 Å². The van der Waals surface area contributed by atoms with Gasteiger partial charge in [-0.05, 0) is 24.5 Å². The van der Waals surface area contributed by atoms with Crippen molar-refractivity contribution in [2.75, 3.05) is 0 Å². The summed E-state index contributed by atoms with van der Waals surface area (Å²) in [5.41, 5.74) is 2.65. The van der Waals surface area contributed by atoms with Crippen LogP contribution in [0.4, 0.5) is 0 Å². The summed E-state index contributed by atoms with van der Waals surface area (Å²) in [6.07, 6.45) is 0. The third-order valence-electron chi connectivity index (χ3n) is 2.39. The molecule has 16 heavy (non-hydrogen) atoms. The fraction of sp³-hybridized carbons (Fsp3) is 0.143. The largest absolute Gasteiger partial charge is 0.0591 e. The molecule has 0 heterocycles. The standard InChI is InChI=1S/C14H15P.K/c1-11-3-7-13(8-4-11)15-14-9-5-12(2)6-10-14;/h3-10,15H,1-2H3;. The first-order chi connectivity index (χ1) is 7.24. The van der Waals surface area contributed by atoms with Crippen LogP contribution in [0.25, 0.3) is 0 Å². The molecule has 0 aliphatic rings. The van der Waals surface area contributed by atoms with Gasteiger partial charge in [0, 0.05) is 51.4 Å². The van der Waals surface area contributed by atoms with E-state index in [2.05, 4.69) is 62.4 Å². The summed E-state index contributed by atoms with van der Waals surface area (Å²) in [7, 11) is 0.769. The van der Waals surface area contributed by atoms with Crippen molar-refractivity contribution in [2.24, 2.45) is 0 Å². The maximum Gasteiger partial charge on any atom is 0 e. The van der Waals surface area contributed by atoms with Crippen molar-refractivity contribution in [3.05, 3.63) is 59.7 Å². The molecular formula is C14H15KP. The fourth-order valence-electron chi connectivity index (χ4n) is 1.44. The van der Waals surface area contributed by atoms with Crippen LogP contribution in [-0.2, 0) is 0 Å². The molecule has 0 fully saturated rings. The van der Waals surface area contributed by atoms with Gasteiger partial charge in [-0.2, -0.15) is 0 Å². The molecular weight excluding hydrogens is 238 g/mol. The Morgan fingerprint density at radius 3 is 1.25 bits per heavy atom. The first-order valence-electron chi connectivity index (χ1n) is 5.14. The van der Waals surface area contributed by atoms with Crippen molar-refractivity contribution in [1.82, 2.24) is 0 Å². The van der Waals surface area contributed by atoms with Gasteiger partial charge in [0.15, 0.2) is 0 Å². The monoisotopic (exact) mass is 253 g/mol. The zero-order valence-corrected chi connectivity index (χ0v) is 14.2. The summed E-state index contributed by atoms with van der Waals surface area (Å²) < 4.78 is 0. The molecule has 0 N–H and O–H groups in total. The van der Waals surface area contributed by atoms with E-state index in [1.165, 1.54) is 21.7 Å². The van der Waals surface area contributed by atoms with Crippen LogP contribution in [0.5, 0.6) is 0 Å². The van der Waals surface area contributed by atoms with Crippen molar-refractivity contribution < 1.29 is 0 Å². The van der Waals surface area contributed by atoms with Crippen LogP contribution in [0.1, 0.15) is 11.1 Å². The van der Waals surface area contributed by atoms with E-state index in [0.29, 0.717) is 0 Å². The summed E-state index contributed by atoms with van der Waals surface area (Å²) in [6.45, 7) is 4.25. The van der Waals surface area contributed by atoms with E-state index >= 15 is 0 Å². The predicted molar refractivity (Wildman–Crippen MR) is 75.7 cm³/mol. The zero-order chi connectivity index (χ0) is 10.7. The van der Waals surface area contributed by atoms with Crippen LogP contribution in [0, 0.1) is 13.8 Å². The molecule has 0 bridgehead atoms. The van der Waals surface area contributed by atoms with Gasteiger partial charge in [0.25, 0.3) is 0 Å². The molecule has 0 aromatic heterocycles. The molecule has 0 atom stereocenters.